The number of rotatable bonds is 13. The van der Waals surface area contributed by atoms with E-state index in [1.165, 1.54) is 0 Å². The van der Waals surface area contributed by atoms with Crippen LogP contribution < -0.4 is 29.6 Å². The van der Waals surface area contributed by atoms with Crippen LogP contribution in [0.2, 0.25) is 0 Å². The van der Waals surface area contributed by atoms with Gasteiger partial charge in [0, 0.05) is 50.8 Å². The molecular formula is C54H38N2O7. The van der Waals surface area contributed by atoms with Crippen LogP contribution in [-0.2, 0) is 0 Å². The van der Waals surface area contributed by atoms with Gasteiger partial charge in [0.15, 0.2) is 5.78 Å². The Kier molecular flexibility index (Phi) is 12.6. The molecule has 0 bridgehead atoms. The molecule has 63 heavy (non-hydrogen) atoms. The van der Waals surface area contributed by atoms with Crippen LogP contribution in [0.5, 0.6) is 40.2 Å². The van der Waals surface area contributed by atoms with Gasteiger partial charge in [-0.2, -0.15) is 0 Å². The molecule has 0 spiro atoms. The predicted octanol–water partition coefficient (Wildman–Crippen LogP) is 12.2. The molecule has 306 valence electrons. The number of ketones is 1. The van der Waals surface area contributed by atoms with Crippen LogP contribution >= 0.6 is 0 Å². The van der Waals surface area contributed by atoms with Crippen molar-refractivity contribution in [2.45, 2.75) is 0 Å². The molecule has 8 aromatic rings. The lowest BCUT2D eigenvalue weighted by atomic mass is 10.0. The van der Waals surface area contributed by atoms with Crippen molar-refractivity contribution in [2.24, 2.45) is 0 Å². The van der Waals surface area contributed by atoms with Crippen molar-refractivity contribution >= 4 is 29.0 Å². The second kappa shape index (κ2) is 19.5. The second-order valence-electron chi connectivity index (χ2n) is 14.0. The first-order valence-corrected chi connectivity index (χ1v) is 19.9. The molecule has 9 nitrogen and oxygen atoms in total. The first-order chi connectivity index (χ1) is 30.8. The van der Waals surface area contributed by atoms with E-state index in [2.05, 4.69) is 22.5 Å². The molecule has 2 N–H and O–H groups in total. The average molecular weight is 827 g/mol. The molecule has 2 amide bonds. The van der Waals surface area contributed by atoms with Crippen LogP contribution in [0.4, 0.5) is 11.4 Å². The number of nitrogens with one attached hydrogen (secondary N) is 2. The minimum atomic E-state index is -0.324. The first-order valence-electron chi connectivity index (χ1n) is 19.9. The van der Waals surface area contributed by atoms with Gasteiger partial charge < -0.3 is 29.6 Å². The number of anilines is 2. The smallest absolute Gasteiger partial charge is 0.255 e. The number of carbonyl (C=O) groups is 3. The number of hydrogen-bond donors (Lipinski definition) is 2. The fourth-order valence-corrected chi connectivity index (χ4v) is 6.33. The van der Waals surface area contributed by atoms with Crippen molar-refractivity contribution in [1.82, 2.24) is 0 Å². The molecule has 0 aliphatic rings. The molecule has 0 saturated heterocycles. The van der Waals surface area contributed by atoms with Gasteiger partial charge in [-0.05, 0) is 158 Å². The maximum absolute atomic E-state index is 13.3. The molecule has 0 radical (unpaired) electrons. The number of methoxy groups -OCH3 is 1. The normalized spacial score (nSPS) is 10.4. The lowest BCUT2D eigenvalue weighted by molar-refractivity contribution is 0.101. The summed E-state index contributed by atoms with van der Waals surface area (Å²) in [5.41, 5.74) is 4.75. The molecule has 8 aromatic carbocycles. The van der Waals surface area contributed by atoms with Gasteiger partial charge in [0.25, 0.3) is 11.8 Å². The Labute approximate surface area is 364 Å². The highest BCUT2D eigenvalue weighted by Crippen LogP contribution is 2.30. The number of amides is 2. The highest BCUT2D eigenvalue weighted by Gasteiger charge is 2.13. The fraction of sp³-hybridized carbons (Fsp3) is 0.0185. The SMILES string of the molecule is COc1ccc(C(=O)Nc2cccc(NC(=O)c3ccc(Oc4cccc(Oc5ccc(C(=O)c6ccc(Oc7cccc(C#Cc8ccccc8)c7)cc6)cc5)c4)cc3)c2)cc1. The number of ether oxygens (including phenoxy) is 4. The summed E-state index contributed by atoms with van der Waals surface area (Å²) in [5.74, 6) is 9.62. The Morgan fingerprint density at radius 3 is 1.25 bits per heavy atom. The zero-order chi connectivity index (χ0) is 43.4. The number of benzene rings is 8. The monoisotopic (exact) mass is 826 g/mol. The topological polar surface area (TPSA) is 112 Å². The van der Waals surface area contributed by atoms with E-state index in [9.17, 15) is 14.4 Å². The molecule has 8 rings (SSSR count). The minimum absolute atomic E-state index is 0.133. The summed E-state index contributed by atoms with van der Waals surface area (Å²) in [6.45, 7) is 0. The Balaban J connectivity index is 0.822. The van der Waals surface area contributed by atoms with Crippen molar-refractivity contribution in [1.29, 1.82) is 0 Å². The molecule has 0 aliphatic carbocycles. The van der Waals surface area contributed by atoms with E-state index in [1.807, 2.05) is 60.7 Å². The third-order valence-electron chi connectivity index (χ3n) is 9.55. The summed E-state index contributed by atoms with van der Waals surface area (Å²) in [7, 11) is 1.56. The maximum atomic E-state index is 13.3. The first kappa shape index (κ1) is 40.9. The van der Waals surface area contributed by atoms with Crippen LogP contribution in [-0.4, -0.2) is 24.7 Å². The Hall–Kier alpha value is -8.87. The van der Waals surface area contributed by atoms with Crippen LogP contribution in [0.3, 0.4) is 0 Å². The van der Waals surface area contributed by atoms with Crippen molar-refractivity contribution in [3.8, 4) is 52.1 Å². The van der Waals surface area contributed by atoms with E-state index in [0.29, 0.717) is 73.9 Å². The Morgan fingerprint density at radius 1 is 0.365 bits per heavy atom. The number of hydrogen-bond acceptors (Lipinski definition) is 7. The van der Waals surface area contributed by atoms with Gasteiger partial charge in [-0.15, -0.1) is 0 Å². The summed E-state index contributed by atoms with van der Waals surface area (Å²) in [6.07, 6.45) is 0. The Bertz CT molecular complexity index is 2940. The summed E-state index contributed by atoms with van der Waals surface area (Å²) in [5, 5.41) is 5.72. The summed E-state index contributed by atoms with van der Waals surface area (Å²) in [6, 6.07) is 58.9. The molecule has 0 aromatic heterocycles. The summed E-state index contributed by atoms with van der Waals surface area (Å²) < 4.78 is 23.4. The maximum Gasteiger partial charge on any atom is 0.255 e. The standard InChI is InChI=1S/C54H38N2O7/c1-60-45-26-22-41(23-27-45)53(58)55-43-11-6-12-44(35-43)56-54(59)42-24-32-48(33-25-42)63-51-15-7-14-50(36-51)62-47-30-20-40(21-31-47)52(57)39-18-28-46(29-19-39)61-49-13-5-10-38(34-49)17-16-37-8-3-2-4-9-37/h2-15,18-36H,1H3,(H,55,58)(H,56,59). The van der Waals surface area contributed by atoms with E-state index >= 15 is 0 Å². The largest absolute Gasteiger partial charge is 0.497 e. The van der Waals surface area contributed by atoms with Crippen molar-refractivity contribution < 1.29 is 33.3 Å². The van der Waals surface area contributed by atoms with E-state index in [1.54, 1.807) is 147 Å². The van der Waals surface area contributed by atoms with Gasteiger partial charge in [0.2, 0.25) is 0 Å². The zero-order valence-electron chi connectivity index (χ0n) is 33.9. The van der Waals surface area contributed by atoms with Gasteiger partial charge in [0.1, 0.15) is 40.2 Å². The van der Waals surface area contributed by atoms with Crippen molar-refractivity contribution in [2.75, 3.05) is 17.7 Å². The molecule has 0 aliphatic heterocycles. The molecule has 9 heteroatoms. The predicted molar refractivity (Wildman–Crippen MR) is 244 cm³/mol. The van der Waals surface area contributed by atoms with Gasteiger partial charge >= 0.3 is 0 Å². The molecule has 0 heterocycles. The van der Waals surface area contributed by atoms with Crippen LogP contribution in [0.1, 0.15) is 47.8 Å². The average Bonchev–Trinajstić information content (AvgIpc) is 3.32. The molecule has 0 unspecified atom stereocenters. The van der Waals surface area contributed by atoms with Crippen LogP contribution in [0.25, 0.3) is 0 Å². The van der Waals surface area contributed by atoms with Crippen LogP contribution in [0.15, 0.2) is 200 Å². The highest BCUT2D eigenvalue weighted by molar-refractivity contribution is 6.09. The van der Waals surface area contributed by atoms with E-state index < -0.39 is 0 Å². The summed E-state index contributed by atoms with van der Waals surface area (Å²) >= 11 is 0. The quantitative estimate of drug-likeness (QED) is 0.0879. The second-order valence-corrected chi connectivity index (χ2v) is 14.0. The molecular weight excluding hydrogens is 789 g/mol. The minimum Gasteiger partial charge on any atom is -0.497 e. The van der Waals surface area contributed by atoms with Gasteiger partial charge in [-0.25, -0.2) is 0 Å². The third-order valence-corrected chi connectivity index (χ3v) is 9.55. The van der Waals surface area contributed by atoms with Crippen LogP contribution in [0, 0.1) is 11.8 Å². The third kappa shape index (κ3) is 11.0. The zero-order valence-corrected chi connectivity index (χ0v) is 33.9. The van der Waals surface area contributed by atoms with E-state index in [-0.39, 0.29) is 17.6 Å². The number of carbonyl (C=O) groups excluding carboxylic acids is 3. The Morgan fingerprint density at radius 2 is 0.762 bits per heavy atom. The summed E-state index contributed by atoms with van der Waals surface area (Å²) in [4.78, 5) is 39.1. The molecule has 0 atom stereocenters. The van der Waals surface area contributed by atoms with Crippen molar-refractivity contribution in [3.05, 3.63) is 234 Å². The lowest BCUT2D eigenvalue weighted by Gasteiger charge is -2.11. The van der Waals surface area contributed by atoms with Gasteiger partial charge in [-0.1, -0.05) is 48.2 Å². The lowest BCUT2D eigenvalue weighted by Crippen LogP contribution is -2.14. The van der Waals surface area contributed by atoms with E-state index in [4.69, 9.17) is 18.9 Å². The molecule has 0 saturated carbocycles. The highest BCUT2D eigenvalue weighted by atomic mass is 16.5. The van der Waals surface area contributed by atoms with Crippen molar-refractivity contribution in [3.63, 3.8) is 0 Å². The van der Waals surface area contributed by atoms with Gasteiger partial charge in [-0.3, -0.25) is 14.4 Å². The fourth-order valence-electron chi connectivity index (χ4n) is 6.33. The van der Waals surface area contributed by atoms with E-state index in [0.717, 1.165) is 11.1 Å². The molecule has 0 fully saturated rings. The van der Waals surface area contributed by atoms with Gasteiger partial charge in [0.05, 0.1) is 7.11 Å².